The molecule has 0 bridgehead atoms. The van der Waals surface area contributed by atoms with Gasteiger partial charge in [-0.2, -0.15) is 0 Å². The molecule has 5 heteroatoms. The molecular formula is C16H27N3O2+2. The SMILES string of the molecule is CN=Cc1ccc[n+](OCC(O)C[N+]2(C)CCCCC2)c1. The van der Waals surface area contributed by atoms with Crippen LogP contribution in [-0.4, -0.2) is 62.2 Å². The van der Waals surface area contributed by atoms with Gasteiger partial charge >= 0.3 is 0 Å². The van der Waals surface area contributed by atoms with Crippen molar-refractivity contribution < 1.29 is 19.2 Å². The van der Waals surface area contributed by atoms with Gasteiger partial charge in [-0.15, -0.1) is 0 Å². The number of hydrogen-bond donors (Lipinski definition) is 1. The van der Waals surface area contributed by atoms with Crippen LogP contribution in [0.4, 0.5) is 0 Å². The Hall–Kier alpha value is -1.46. The Labute approximate surface area is 127 Å². The van der Waals surface area contributed by atoms with Crippen LogP contribution in [0.25, 0.3) is 0 Å². The van der Waals surface area contributed by atoms with E-state index < -0.39 is 6.10 Å². The summed E-state index contributed by atoms with van der Waals surface area (Å²) in [6, 6.07) is 3.87. The van der Waals surface area contributed by atoms with Gasteiger partial charge in [-0.05, 0) is 25.3 Å². The molecule has 116 valence electrons. The average Bonchev–Trinajstić information content (AvgIpc) is 2.46. The van der Waals surface area contributed by atoms with Crippen LogP contribution in [0.1, 0.15) is 24.8 Å². The molecule has 0 aromatic carbocycles. The standard InChI is InChI=1S/C16H27N3O2/c1-17-11-15-7-6-8-18(12-15)21-14-16(20)13-19(2)9-4-3-5-10-19/h6-8,11-12,16,20H,3-5,9-10,13-14H2,1-2H3/q+2. The molecule has 2 rings (SSSR count). The molecule has 1 saturated heterocycles. The number of aliphatic hydroxyl groups is 1. The third-order valence-electron chi connectivity index (χ3n) is 4.04. The van der Waals surface area contributed by atoms with E-state index in [9.17, 15) is 5.11 Å². The lowest BCUT2D eigenvalue weighted by Crippen LogP contribution is -2.54. The molecule has 2 heterocycles. The first-order valence-electron chi connectivity index (χ1n) is 7.70. The molecule has 1 unspecified atom stereocenters. The Morgan fingerprint density at radius 3 is 2.90 bits per heavy atom. The van der Waals surface area contributed by atoms with Crippen molar-refractivity contribution in [3.8, 4) is 0 Å². The highest BCUT2D eigenvalue weighted by Crippen LogP contribution is 2.16. The van der Waals surface area contributed by atoms with Gasteiger partial charge in [0, 0.05) is 24.1 Å². The average molecular weight is 293 g/mol. The van der Waals surface area contributed by atoms with Crippen molar-refractivity contribution in [1.29, 1.82) is 0 Å². The van der Waals surface area contributed by atoms with E-state index in [0.29, 0.717) is 6.61 Å². The van der Waals surface area contributed by atoms with Crippen LogP contribution >= 0.6 is 0 Å². The van der Waals surface area contributed by atoms with E-state index in [1.54, 1.807) is 18.0 Å². The van der Waals surface area contributed by atoms with Crippen LogP contribution in [0, 0.1) is 0 Å². The summed E-state index contributed by atoms with van der Waals surface area (Å²) in [4.78, 5) is 9.62. The minimum atomic E-state index is -0.441. The summed E-state index contributed by atoms with van der Waals surface area (Å²) in [6.45, 7) is 3.39. The van der Waals surface area contributed by atoms with Crippen LogP contribution in [0.15, 0.2) is 29.5 Å². The highest BCUT2D eigenvalue weighted by atomic mass is 16.7. The molecule has 1 aliphatic rings. The molecule has 0 spiro atoms. The maximum Gasteiger partial charge on any atom is 0.231 e. The molecule has 1 N–H and O–H groups in total. The lowest BCUT2D eigenvalue weighted by Gasteiger charge is -2.38. The number of likely N-dealkylation sites (tertiary alicyclic amines) is 1. The highest BCUT2D eigenvalue weighted by molar-refractivity contribution is 5.78. The zero-order chi connectivity index (χ0) is 15.1. The molecule has 1 aromatic heterocycles. The molecule has 0 saturated carbocycles. The van der Waals surface area contributed by atoms with E-state index in [1.165, 1.54) is 19.3 Å². The number of likely N-dealkylation sites (N-methyl/N-ethyl adjacent to an activating group) is 1. The third kappa shape index (κ3) is 5.10. The van der Waals surface area contributed by atoms with Crippen molar-refractivity contribution in [2.24, 2.45) is 4.99 Å². The number of hydrogen-bond acceptors (Lipinski definition) is 3. The molecule has 1 aliphatic heterocycles. The highest BCUT2D eigenvalue weighted by Gasteiger charge is 2.28. The number of aliphatic hydroxyl groups excluding tert-OH is 1. The lowest BCUT2D eigenvalue weighted by molar-refractivity contribution is -0.921. The largest absolute Gasteiger partial charge is 0.383 e. The van der Waals surface area contributed by atoms with Crippen LogP contribution in [-0.2, 0) is 0 Å². The normalized spacial score (nSPS) is 19.6. The Morgan fingerprint density at radius 1 is 1.43 bits per heavy atom. The van der Waals surface area contributed by atoms with Crippen LogP contribution < -0.4 is 9.57 Å². The van der Waals surface area contributed by atoms with Crippen LogP contribution in [0.2, 0.25) is 0 Å². The molecule has 21 heavy (non-hydrogen) atoms. The first-order chi connectivity index (χ1) is 10.1. The van der Waals surface area contributed by atoms with Gasteiger partial charge in [0.15, 0.2) is 6.61 Å². The maximum atomic E-state index is 10.2. The first kappa shape index (κ1) is 15.9. The summed E-state index contributed by atoms with van der Waals surface area (Å²) >= 11 is 0. The van der Waals surface area contributed by atoms with Crippen molar-refractivity contribution in [3.05, 3.63) is 30.1 Å². The van der Waals surface area contributed by atoms with Crippen molar-refractivity contribution in [2.45, 2.75) is 25.4 Å². The van der Waals surface area contributed by atoms with E-state index in [1.807, 2.05) is 24.5 Å². The first-order valence-corrected chi connectivity index (χ1v) is 7.70. The number of aliphatic imine (C=N–C) groups is 1. The van der Waals surface area contributed by atoms with Gasteiger partial charge in [0.1, 0.15) is 12.6 Å². The number of aromatic nitrogens is 1. The summed E-state index contributed by atoms with van der Waals surface area (Å²) in [5.74, 6) is 0. The zero-order valence-electron chi connectivity index (χ0n) is 13.1. The minimum absolute atomic E-state index is 0.311. The molecule has 1 atom stereocenters. The monoisotopic (exact) mass is 293 g/mol. The van der Waals surface area contributed by atoms with E-state index >= 15 is 0 Å². The predicted octanol–water partition coefficient (Wildman–Crippen LogP) is 0.443. The molecule has 0 amide bonds. The number of piperidine rings is 1. The maximum absolute atomic E-state index is 10.2. The number of rotatable bonds is 6. The summed E-state index contributed by atoms with van der Waals surface area (Å²) in [7, 11) is 3.97. The fourth-order valence-electron chi connectivity index (χ4n) is 2.97. The van der Waals surface area contributed by atoms with E-state index in [2.05, 4.69) is 12.0 Å². The second kappa shape index (κ2) is 7.52. The quantitative estimate of drug-likeness (QED) is 0.470. The molecular weight excluding hydrogens is 266 g/mol. The van der Waals surface area contributed by atoms with Crippen molar-refractivity contribution >= 4 is 6.21 Å². The molecule has 1 aromatic rings. The van der Waals surface area contributed by atoms with Gasteiger partial charge in [-0.25, -0.2) is 0 Å². The van der Waals surface area contributed by atoms with Gasteiger partial charge in [0.05, 0.1) is 25.7 Å². The number of quaternary nitrogens is 1. The van der Waals surface area contributed by atoms with Crippen molar-refractivity contribution in [3.63, 3.8) is 0 Å². The Bertz CT molecular complexity index is 470. The number of pyridine rings is 1. The summed E-state index contributed by atoms with van der Waals surface area (Å²) in [5.41, 5.74) is 0.976. The van der Waals surface area contributed by atoms with Gasteiger partial charge in [-0.1, -0.05) is 0 Å². The van der Waals surface area contributed by atoms with Gasteiger partial charge in [-0.3, -0.25) is 9.83 Å². The van der Waals surface area contributed by atoms with E-state index in [0.717, 1.165) is 29.7 Å². The van der Waals surface area contributed by atoms with E-state index in [4.69, 9.17) is 4.84 Å². The zero-order valence-corrected chi connectivity index (χ0v) is 13.1. The molecule has 1 fully saturated rings. The van der Waals surface area contributed by atoms with Crippen LogP contribution in [0.5, 0.6) is 0 Å². The van der Waals surface area contributed by atoms with E-state index in [-0.39, 0.29) is 0 Å². The van der Waals surface area contributed by atoms with Gasteiger partial charge in [0.2, 0.25) is 12.4 Å². The fourth-order valence-corrected chi connectivity index (χ4v) is 2.97. The summed E-state index contributed by atoms with van der Waals surface area (Å²) in [6.07, 6.45) is 8.87. The second-order valence-corrected chi connectivity index (χ2v) is 6.14. The van der Waals surface area contributed by atoms with Crippen LogP contribution in [0.3, 0.4) is 0 Å². The Balaban J connectivity index is 1.83. The molecule has 5 nitrogen and oxygen atoms in total. The minimum Gasteiger partial charge on any atom is -0.383 e. The fraction of sp³-hybridized carbons (Fsp3) is 0.625. The number of nitrogens with zero attached hydrogens (tertiary/aromatic N) is 3. The molecule has 0 aliphatic carbocycles. The predicted molar refractivity (Wildman–Crippen MR) is 82.2 cm³/mol. The third-order valence-corrected chi connectivity index (χ3v) is 4.04. The summed E-state index contributed by atoms with van der Waals surface area (Å²) < 4.78 is 2.59. The van der Waals surface area contributed by atoms with Gasteiger partial charge < -0.3 is 9.59 Å². The second-order valence-electron chi connectivity index (χ2n) is 6.14. The Kier molecular flexibility index (Phi) is 5.70. The topological polar surface area (TPSA) is 45.7 Å². The smallest absolute Gasteiger partial charge is 0.231 e. The van der Waals surface area contributed by atoms with Crippen molar-refractivity contribution in [2.75, 3.05) is 40.3 Å². The van der Waals surface area contributed by atoms with Gasteiger partial charge in [0.25, 0.3) is 0 Å². The molecule has 0 radical (unpaired) electrons. The van der Waals surface area contributed by atoms with Crippen molar-refractivity contribution in [1.82, 2.24) is 0 Å². The lowest BCUT2D eigenvalue weighted by atomic mass is 10.1. The summed E-state index contributed by atoms with van der Waals surface area (Å²) in [5, 5.41) is 10.2. The Morgan fingerprint density at radius 2 is 2.19 bits per heavy atom.